The SMILES string of the molecule is CCCOc1ccc(C)c(-c2c(C)cccc2OCCC)c1. The number of rotatable bonds is 7. The minimum atomic E-state index is 0.738. The number of aryl methyl sites for hydroxylation is 2. The second-order valence-corrected chi connectivity index (χ2v) is 5.62. The first kappa shape index (κ1) is 16.4. The first-order chi connectivity index (χ1) is 10.7. The van der Waals surface area contributed by atoms with Crippen molar-refractivity contribution in [3.63, 3.8) is 0 Å². The first-order valence-electron chi connectivity index (χ1n) is 8.13. The van der Waals surface area contributed by atoms with Crippen LogP contribution in [-0.2, 0) is 0 Å². The standard InChI is InChI=1S/C20H26O2/c1-5-12-21-17-11-10-15(3)18(14-17)20-16(4)8-7-9-19(20)22-13-6-2/h7-11,14H,5-6,12-13H2,1-4H3. The Bertz CT molecular complexity index is 617. The fraction of sp³-hybridized carbons (Fsp3) is 0.400. The fourth-order valence-corrected chi connectivity index (χ4v) is 2.50. The Kier molecular flexibility index (Phi) is 5.88. The molecule has 0 N–H and O–H groups in total. The van der Waals surface area contributed by atoms with Crippen LogP contribution in [0.25, 0.3) is 11.1 Å². The predicted octanol–water partition coefficient (Wildman–Crippen LogP) is 5.55. The Balaban J connectivity index is 2.45. The third kappa shape index (κ3) is 3.82. The van der Waals surface area contributed by atoms with E-state index in [1.807, 2.05) is 6.07 Å². The van der Waals surface area contributed by atoms with E-state index < -0.39 is 0 Å². The van der Waals surface area contributed by atoms with Gasteiger partial charge in [-0.05, 0) is 61.6 Å². The van der Waals surface area contributed by atoms with Gasteiger partial charge in [0.2, 0.25) is 0 Å². The van der Waals surface area contributed by atoms with Crippen molar-refractivity contribution >= 4 is 0 Å². The molecule has 0 heterocycles. The van der Waals surface area contributed by atoms with E-state index in [0.717, 1.165) is 37.6 Å². The molecule has 0 bridgehead atoms. The Morgan fingerprint density at radius 2 is 1.55 bits per heavy atom. The first-order valence-corrected chi connectivity index (χ1v) is 8.13. The summed E-state index contributed by atoms with van der Waals surface area (Å²) in [7, 11) is 0. The zero-order chi connectivity index (χ0) is 15.9. The molecule has 0 saturated carbocycles. The molecular formula is C20H26O2. The van der Waals surface area contributed by atoms with E-state index in [2.05, 4.69) is 58.0 Å². The lowest BCUT2D eigenvalue weighted by atomic mass is 9.95. The van der Waals surface area contributed by atoms with Gasteiger partial charge in [0.05, 0.1) is 13.2 Å². The highest BCUT2D eigenvalue weighted by atomic mass is 16.5. The molecule has 0 unspecified atom stereocenters. The highest BCUT2D eigenvalue weighted by Crippen LogP contribution is 2.37. The summed E-state index contributed by atoms with van der Waals surface area (Å²) in [6.45, 7) is 9.99. The average molecular weight is 298 g/mol. The van der Waals surface area contributed by atoms with Crippen LogP contribution < -0.4 is 9.47 Å². The van der Waals surface area contributed by atoms with E-state index in [4.69, 9.17) is 9.47 Å². The zero-order valence-electron chi connectivity index (χ0n) is 14.1. The second-order valence-electron chi connectivity index (χ2n) is 5.62. The maximum Gasteiger partial charge on any atom is 0.127 e. The topological polar surface area (TPSA) is 18.5 Å². The molecule has 2 rings (SSSR count). The van der Waals surface area contributed by atoms with Crippen molar-refractivity contribution in [3.8, 4) is 22.6 Å². The molecule has 2 aromatic rings. The number of hydrogen-bond acceptors (Lipinski definition) is 2. The van der Waals surface area contributed by atoms with Crippen LogP contribution in [0.5, 0.6) is 11.5 Å². The molecule has 2 nitrogen and oxygen atoms in total. The van der Waals surface area contributed by atoms with Crippen LogP contribution >= 0.6 is 0 Å². The Morgan fingerprint density at radius 1 is 0.818 bits per heavy atom. The highest BCUT2D eigenvalue weighted by Gasteiger charge is 2.13. The molecule has 0 radical (unpaired) electrons. The van der Waals surface area contributed by atoms with Crippen LogP contribution in [0.4, 0.5) is 0 Å². The number of benzene rings is 2. The van der Waals surface area contributed by atoms with E-state index in [9.17, 15) is 0 Å². The molecule has 0 fully saturated rings. The summed E-state index contributed by atoms with van der Waals surface area (Å²) in [5.74, 6) is 1.88. The van der Waals surface area contributed by atoms with Crippen molar-refractivity contribution in [2.24, 2.45) is 0 Å². The fourth-order valence-electron chi connectivity index (χ4n) is 2.50. The van der Waals surface area contributed by atoms with Crippen LogP contribution in [0, 0.1) is 13.8 Å². The quantitative estimate of drug-likeness (QED) is 0.667. The van der Waals surface area contributed by atoms with E-state index in [1.54, 1.807) is 0 Å². The largest absolute Gasteiger partial charge is 0.494 e. The van der Waals surface area contributed by atoms with Crippen LogP contribution in [0.3, 0.4) is 0 Å². The lowest BCUT2D eigenvalue weighted by Gasteiger charge is -2.17. The molecule has 2 aromatic carbocycles. The second kappa shape index (κ2) is 7.88. The lowest BCUT2D eigenvalue weighted by molar-refractivity contribution is 0.316. The Morgan fingerprint density at radius 3 is 2.27 bits per heavy atom. The summed E-state index contributed by atoms with van der Waals surface area (Å²) in [4.78, 5) is 0. The van der Waals surface area contributed by atoms with Gasteiger partial charge in [-0.3, -0.25) is 0 Å². The molecule has 0 aromatic heterocycles. The van der Waals surface area contributed by atoms with E-state index >= 15 is 0 Å². The van der Waals surface area contributed by atoms with E-state index in [0.29, 0.717) is 0 Å². The normalized spacial score (nSPS) is 10.5. The average Bonchev–Trinajstić information content (AvgIpc) is 2.52. The van der Waals surface area contributed by atoms with Gasteiger partial charge in [0.15, 0.2) is 0 Å². The summed E-state index contributed by atoms with van der Waals surface area (Å²) < 4.78 is 11.7. The molecule has 0 atom stereocenters. The van der Waals surface area contributed by atoms with Gasteiger partial charge in [0.25, 0.3) is 0 Å². The van der Waals surface area contributed by atoms with Crippen LogP contribution in [0.2, 0.25) is 0 Å². The van der Waals surface area contributed by atoms with Gasteiger partial charge < -0.3 is 9.47 Å². The van der Waals surface area contributed by atoms with Crippen molar-refractivity contribution in [2.45, 2.75) is 40.5 Å². The molecule has 118 valence electrons. The van der Waals surface area contributed by atoms with Crippen molar-refractivity contribution in [1.29, 1.82) is 0 Å². The van der Waals surface area contributed by atoms with Crippen molar-refractivity contribution in [3.05, 3.63) is 47.5 Å². The molecular weight excluding hydrogens is 272 g/mol. The van der Waals surface area contributed by atoms with Crippen molar-refractivity contribution in [2.75, 3.05) is 13.2 Å². The highest BCUT2D eigenvalue weighted by molar-refractivity contribution is 5.77. The van der Waals surface area contributed by atoms with Crippen LogP contribution in [-0.4, -0.2) is 13.2 Å². The third-order valence-corrected chi connectivity index (χ3v) is 3.65. The van der Waals surface area contributed by atoms with Gasteiger partial charge in [0, 0.05) is 5.56 Å². The molecule has 2 heteroatoms. The molecule has 0 aliphatic heterocycles. The lowest BCUT2D eigenvalue weighted by Crippen LogP contribution is -2.00. The molecule has 0 spiro atoms. The third-order valence-electron chi connectivity index (χ3n) is 3.65. The van der Waals surface area contributed by atoms with Gasteiger partial charge >= 0.3 is 0 Å². The van der Waals surface area contributed by atoms with E-state index in [-0.39, 0.29) is 0 Å². The molecule has 22 heavy (non-hydrogen) atoms. The Hall–Kier alpha value is -1.96. The molecule has 0 saturated heterocycles. The summed E-state index contributed by atoms with van der Waals surface area (Å²) in [5.41, 5.74) is 4.83. The number of hydrogen-bond donors (Lipinski definition) is 0. The van der Waals surface area contributed by atoms with Gasteiger partial charge in [-0.1, -0.05) is 32.0 Å². The maximum absolute atomic E-state index is 5.96. The summed E-state index contributed by atoms with van der Waals surface area (Å²) in [5, 5.41) is 0. The maximum atomic E-state index is 5.96. The molecule has 0 aliphatic carbocycles. The monoisotopic (exact) mass is 298 g/mol. The minimum absolute atomic E-state index is 0.738. The van der Waals surface area contributed by atoms with Crippen LogP contribution in [0.15, 0.2) is 36.4 Å². The molecule has 0 amide bonds. The summed E-state index contributed by atoms with van der Waals surface area (Å²) in [6.07, 6.45) is 2.02. The zero-order valence-corrected chi connectivity index (χ0v) is 14.1. The van der Waals surface area contributed by atoms with Gasteiger partial charge in [-0.25, -0.2) is 0 Å². The minimum Gasteiger partial charge on any atom is -0.494 e. The van der Waals surface area contributed by atoms with Gasteiger partial charge in [-0.15, -0.1) is 0 Å². The van der Waals surface area contributed by atoms with Crippen LogP contribution in [0.1, 0.15) is 37.8 Å². The predicted molar refractivity (Wildman–Crippen MR) is 92.9 cm³/mol. The van der Waals surface area contributed by atoms with Gasteiger partial charge in [0.1, 0.15) is 11.5 Å². The number of ether oxygens (including phenoxy) is 2. The van der Waals surface area contributed by atoms with Gasteiger partial charge in [-0.2, -0.15) is 0 Å². The molecule has 0 aliphatic rings. The summed E-state index contributed by atoms with van der Waals surface area (Å²) >= 11 is 0. The summed E-state index contributed by atoms with van der Waals surface area (Å²) in [6, 6.07) is 12.5. The smallest absolute Gasteiger partial charge is 0.127 e. The van der Waals surface area contributed by atoms with E-state index in [1.165, 1.54) is 22.3 Å². The Labute approximate surface area is 134 Å². The van der Waals surface area contributed by atoms with Crippen molar-refractivity contribution in [1.82, 2.24) is 0 Å². The van der Waals surface area contributed by atoms with Crippen molar-refractivity contribution < 1.29 is 9.47 Å².